The van der Waals surface area contributed by atoms with Crippen LogP contribution in [0.15, 0.2) is 32.9 Å². The van der Waals surface area contributed by atoms with Crippen molar-refractivity contribution in [2.45, 2.75) is 32.5 Å². The molecular formula is C19H18ClF4N3O5. The zero-order chi connectivity index (χ0) is 24.2. The summed E-state index contributed by atoms with van der Waals surface area (Å²) in [6.07, 6.45) is -4.76. The summed E-state index contributed by atoms with van der Waals surface area (Å²) in [6.45, 7) is 3.39. The molecule has 2 aromatic rings. The Morgan fingerprint density at radius 3 is 2.47 bits per heavy atom. The van der Waals surface area contributed by atoms with Gasteiger partial charge in [0.05, 0.1) is 23.5 Å². The second-order valence-corrected chi connectivity index (χ2v) is 6.76. The van der Waals surface area contributed by atoms with Crippen molar-refractivity contribution < 1.29 is 31.9 Å². The van der Waals surface area contributed by atoms with Crippen LogP contribution in [-0.4, -0.2) is 34.0 Å². The highest BCUT2D eigenvalue weighted by Crippen LogP contribution is 2.27. The Morgan fingerprint density at radius 2 is 1.91 bits per heavy atom. The van der Waals surface area contributed by atoms with Crippen LogP contribution in [0.4, 0.5) is 17.6 Å². The number of oxime groups is 1. The molecule has 0 radical (unpaired) electrons. The molecule has 1 aromatic heterocycles. The third-order valence-electron chi connectivity index (χ3n) is 4.22. The smallest absolute Gasteiger partial charge is 0.431 e. The minimum atomic E-state index is -4.96. The van der Waals surface area contributed by atoms with Crippen LogP contribution in [0, 0.1) is 5.82 Å². The Labute approximate surface area is 183 Å². The van der Waals surface area contributed by atoms with E-state index in [2.05, 4.69) is 5.16 Å². The van der Waals surface area contributed by atoms with Gasteiger partial charge in [0.15, 0.2) is 0 Å². The van der Waals surface area contributed by atoms with Crippen LogP contribution in [-0.2, 0) is 27.6 Å². The first kappa shape index (κ1) is 25.1. The molecule has 0 spiro atoms. The van der Waals surface area contributed by atoms with E-state index in [9.17, 15) is 31.9 Å². The first-order valence-corrected chi connectivity index (χ1v) is 9.55. The SMILES string of the molecule is CCOC(=O)C(CC)O/N=C/c1cc(-n2c(=O)cc(C(F)(F)F)n(C)c2=O)c(F)cc1Cl. The van der Waals surface area contributed by atoms with E-state index in [1.54, 1.807) is 13.8 Å². The van der Waals surface area contributed by atoms with E-state index >= 15 is 0 Å². The van der Waals surface area contributed by atoms with Gasteiger partial charge in [-0.1, -0.05) is 23.7 Å². The van der Waals surface area contributed by atoms with E-state index in [0.29, 0.717) is 0 Å². The van der Waals surface area contributed by atoms with Crippen LogP contribution >= 0.6 is 11.6 Å². The lowest BCUT2D eigenvalue weighted by atomic mass is 10.2. The molecule has 13 heteroatoms. The minimum absolute atomic E-state index is 0.0318. The molecule has 174 valence electrons. The molecule has 1 atom stereocenters. The molecule has 32 heavy (non-hydrogen) atoms. The molecule has 0 aliphatic rings. The molecule has 1 aromatic carbocycles. The third-order valence-corrected chi connectivity index (χ3v) is 4.55. The zero-order valence-electron chi connectivity index (χ0n) is 17.1. The third kappa shape index (κ3) is 5.36. The van der Waals surface area contributed by atoms with Gasteiger partial charge in [-0.3, -0.25) is 9.36 Å². The van der Waals surface area contributed by atoms with E-state index in [4.69, 9.17) is 21.2 Å². The Balaban J connectivity index is 2.50. The lowest BCUT2D eigenvalue weighted by Gasteiger charge is -2.15. The number of hydrogen-bond acceptors (Lipinski definition) is 6. The number of nitrogens with zero attached hydrogens (tertiary/aromatic N) is 3. The van der Waals surface area contributed by atoms with Gasteiger partial charge in [0.1, 0.15) is 11.5 Å². The van der Waals surface area contributed by atoms with Gasteiger partial charge < -0.3 is 9.57 Å². The van der Waals surface area contributed by atoms with Crippen LogP contribution in [0.25, 0.3) is 5.69 Å². The van der Waals surface area contributed by atoms with Crippen molar-refractivity contribution >= 4 is 23.8 Å². The summed E-state index contributed by atoms with van der Waals surface area (Å²) >= 11 is 5.95. The molecule has 0 aliphatic carbocycles. The maximum absolute atomic E-state index is 14.5. The Kier molecular flexibility index (Phi) is 7.83. The largest absolute Gasteiger partial charge is 0.463 e. The summed E-state index contributed by atoms with van der Waals surface area (Å²) in [5.41, 5.74) is -4.98. The molecule has 0 saturated carbocycles. The van der Waals surface area contributed by atoms with Crippen molar-refractivity contribution in [3.8, 4) is 5.69 Å². The van der Waals surface area contributed by atoms with Gasteiger partial charge >= 0.3 is 17.8 Å². The predicted molar refractivity (Wildman–Crippen MR) is 107 cm³/mol. The number of carbonyl (C=O) groups is 1. The van der Waals surface area contributed by atoms with Crippen LogP contribution < -0.4 is 11.2 Å². The van der Waals surface area contributed by atoms with E-state index in [0.717, 1.165) is 25.4 Å². The summed E-state index contributed by atoms with van der Waals surface area (Å²) in [4.78, 5) is 41.4. The van der Waals surface area contributed by atoms with Gasteiger partial charge in [0, 0.05) is 18.7 Å². The van der Waals surface area contributed by atoms with Gasteiger partial charge in [-0.25, -0.2) is 18.5 Å². The molecular weight excluding hydrogens is 462 g/mol. The van der Waals surface area contributed by atoms with Crippen molar-refractivity contribution in [3.05, 3.63) is 61.1 Å². The van der Waals surface area contributed by atoms with E-state index in [1.807, 2.05) is 0 Å². The highest BCUT2D eigenvalue weighted by atomic mass is 35.5. The van der Waals surface area contributed by atoms with E-state index in [-0.39, 0.29) is 38.8 Å². The highest BCUT2D eigenvalue weighted by Gasteiger charge is 2.35. The number of esters is 1. The summed E-state index contributed by atoms with van der Waals surface area (Å²) in [5, 5.41) is 3.40. The van der Waals surface area contributed by atoms with Crippen LogP contribution in [0.3, 0.4) is 0 Å². The standard InChI is InChI=1S/C19H18ClF4N3O5/c1-4-14(17(29)31-5-2)32-25-9-10-6-13(12(21)7-11(10)20)27-16(28)8-15(19(22,23)24)26(3)18(27)30/h6-9,14H,4-5H2,1-3H3/b25-9+. The highest BCUT2D eigenvalue weighted by molar-refractivity contribution is 6.33. The molecule has 0 saturated heterocycles. The first-order chi connectivity index (χ1) is 14.9. The fourth-order valence-electron chi connectivity index (χ4n) is 2.62. The van der Waals surface area contributed by atoms with Gasteiger partial charge in [-0.15, -0.1) is 0 Å². The molecule has 0 bridgehead atoms. The Morgan fingerprint density at radius 1 is 1.25 bits per heavy atom. The number of alkyl halides is 3. The molecule has 0 amide bonds. The predicted octanol–water partition coefficient (Wildman–Crippen LogP) is 3.04. The second-order valence-electron chi connectivity index (χ2n) is 6.36. The summed E-state index contributed by atoms with van der Waals surface area (Å²) in [6, 6.07) is 1.87. The fourth-order valence-corrected chi connectivity index (χ4v) is 2.82. The van der Waals surface area contributed by atoms with Gasteiger partial charge in [0.25, 0.3) is 5.56 Å². The minimum Gasteiger partial charge on any atom is -0.463 e. The quantitative estimate of drug-likeness (QED) is 0.263. The number of halogens is 5. The average Bonchev–Trinajstić information content (AvgIpc) is 2.70. The van der Waals surface area contributed by atoms with E-state index in [1.165, 1.54) is 0 Å². The lowest BCUT2D eigenvalue weighted by Crippen LogP contribution is -2.41. The average molecular weight is 480 g/mol. The number of rotatable bonds is 7. The maximum atomic E-state index is 14.5. The molecule has 2 rings (SSSR count). The fraction of sp³-hybridized carbons (Fsp3) is 0.368. The summed E-state index contributed by atoms with van der Waals surface area (Å²) in [7, 11) is 0.797. The molecule has 1 unspecified atom stereocenters. The normalized spacial score (nSPS) is 12.8. The number of aromatic nitrogens is 2. The van der Waals surface area contributed by atoms with Crippen molar-refractivity contribution in [2.24, 2.45) is 12.2 Å². The van der Waals surface area contributed by atoms with Crippen LogP contribution in [0.1, 0.15) is 31.5 Å². The number of benzene rings is 1. The summed E-state index contributed by atoms with van der Waals surface area (Å²) in [5.74, 6) is -1.79. The van der Waals surface area contributed by atoms with Gasteiger partial charge in [-0.05, 0) is 25.5 Å². The van der Waals surface area contributed by atoms with Gasteiger partial charge in [-0.2, -0.15) is 13.2 Å². The Bertz CT molecular complexity index is 1160. The van der Waals surface area contributed by atoms with Gasteiger partial charge in [0.2, 0.25) is 6.10 Å². The lowest BCUT2D eigenvalue weighted by molar-refractivity contribution is -0.156. The molecule has 1 heterocycles. The van der Waals surface area contributed by atoms with E-state index < -0.39 is 46.7 Å². The Hall–Kier alpha value is -3.15. The molecule has 0 aliphatic heterocycles. The maximum Gasteiger partial charge on any atom is 0.431 e. The van der Waals surface area contributed by atoms with Crippen LogP contribution in [0.2, 0.25) is 5.02 Å². The second kappa shape index (κ2) is 9.98. The topological polar surface area (TPSA) is 91.9 Å². The monoisotopic (exact) mass is 479 g/mol. The molecule has 0 N–H and O–H groups in total. The number of ether oxygens (including phenoxy) is 1. The first-order valence-electron chi connectivity index (χ1n) is 9.17. The summed E-state index contributed by atoms with van der Waals surface area (Å²) < 4.78 is 58.8. The zero-order valence-corrected chi connectivity index (χ0v) is 17.8. The molecule has 0 fully saturated rings. The van der Waals surface area contributed by atoms with Crippen molar-refractivity contribution in [1.29, 1.82) is 0 Å². The number of hydrogen-bond donors (Lipinski definition) is 0. The molecule has 8 nitrogen and oxygen atoms in total. The van der Waals surface area contributed by atoms with Crippen molar-refractivity contribution in [2.75, 3.05) is 6.61 Å². The van der Waals surface area contributed by atoms with Crippen molar-refractivity contribution in [1.82, 2.24) is 9.13 Å². The van der Waals surface area contributed by atoms with Crippen LogP contribution in [0.5, 0.6) is 0 Å². The van der Waals surface area contributed by atoms with Crippen molar-refractivity contribution in [3.63, 3.8) is 0 Å². The number of carbonyl (C=O) groups excluding carboxylic acids is 1.